The highest BCUT2D eigenvalue weighted by Crippen LogP contribution is 2.27. The molecule has 0 saturated carbocycles. The van der Waals surface area contributed by atoms with Crippen LogP contribution in [0.5, 0.6) is 5.75 Å². The van der Waals surface area contributed by atoms with E-state index in [2.05, 4.69) is 16.8 Å². The number of benzene rings is 1. The number of halogens is 2. The largest absolute Gasteiger partial charge is 0.482 e. The Morgan fingerprint density at radius 3 is 2.58 bits per heavy atom. The minimum absolute atomic E-state index is 0.0216. The van der Waals surface area contributed by atoms with Crippen LogP contribution >= 0.6 is 34.5 Å². The van der Waals surface area contributed by atoms with Gasteiger partial charge < -0.3 is 9.64 Å². The average molecular weight is 414 g/mol. The zero-order chi connectivity index (χ0) is 18.7. The van der Waals surface area contributed by atoms with E-state index >= 15 is 0 Å². The van der Waals surface area contributed by atoms with Crippen LogP contribution in [0.2, 0.25) is 10.0 Å². The van der Waals surface area contributed by atoms with Crippen molar-refractivity contribution >= 4 is 40.4 Å². The predicted octanol–water partition coefficient (Wildman–Crippen LogP) is 3.79. The number of carbonyl (C=O) groups is 1. The Balaban J connectivity index is 1.45. The third kappa shape index (κ3) is 4.88. The molecule has 0 N–H and O–H groups in total. The lowest BCUT2D eigenvalue weighted by molar-refractivity contribution is -0.135. The summed E-state index contributed by atoms with van der Waals surface area (Å²) >= 11 is 13.7. The molecule has 5 nitrogen and oxygen atoms in total. The summed E-state index contributed by atoms with van der Waals surface area (Å²) in [6.45, 7) is 8.03. The van der Waals surface area contributed by atoms with Gasteiger partial charge in [0.1, 0.15) is 10.8 Å². The standard InChI is InChI=1S/C18H21Cl2N3O2S/c1-12-13(2)26-17(21-12)10-22-5-7-23(8-6-22)18(24)11-25-16-4-3-14(19)9-15(16)20/h3-4,9H,5-8,10-11H2,1-2H3. The Kier molecular flexibility index (Phi) is 6.40. The average Bonchev–Trinajstić information content (AvgIpc) is 2.92. The summed E-state index contributed by atoms with van der Waals surface area (Å²) in [5, 5.41) is 2.08. The first-order chi connectivity index (χ1) is 12.4. The van der Waals surface area contributed by atoms with Crippen molar-refractivity contribution in [3.63, 3.8) is 0 Å². The number of rotatable bonds is 5. The Morgan fingerprint density at radius 1 is 1.23 bits per heavy atom. The number of aryl methyl sites for hydroxylation is 2. The van der Waals surface area contributed by atoms with Crippen LogP contribution < -0.4 is 4.74 Å². The first-order valence-electron chi connectivity index (χ1n) is 8.43. The number of carbonyl (C=O) groups excluding carboxylic acids is 1. The van der Waals surface area contributed by atoms with Crippen LogP contribution in [0.25, 0.3) is 0 Å². The first kappa shape index (κ1) is 19.4. The lowest BCUT2D eigenvalue weighted by Gasteiger charge is -2.34. The Hall–Kier alpha value is -1.34. The third-order valence-electron chi connectivity index (χ3n) is 4.40. The summed E-state index contributed by atoms with van der Waals surface area (Å²) in [7, 11) is 0. The molecular formula is C18H21Cl2N3O2S. The zero-order valence-electron chi connectivity index (χ0n) is 14.8. The number of hydrogen-bond donors (Lipinski definition) is 0. The molecule has 8 heteroatoms. The summed E-state index contributed by atoms with van der Waals surface area (Å²) in [6, 6.07) is 4.96. The molecule has 26 heavy (non-hydrogen) atoms. The summed E-state index contributed by atoms with van der Waals surface area (Å²) < 4.78 is 5.54. The first-order valence-corrected chi connectivity index (χ1v) is 10.0. The van der Waals surface area contributed by atoms with Crippen molar-refractivity contribution in [1.29, 1.82) is 0 Å². The molecule has 1 aromatic heterocycles. The van der Waals surface area contributed by atoms with Crippen LogP contribution in [0.15, 0.2) is 18.2 Å². The number of thiazole rings is 1. The quantitative estimate of drug-likeness (QED) is 0.747. The minimum atomic E-state index is -0.0309. The lowest BCUT2D eigenvalue weighted by Crippen LogP contribution is -2.49. The number of ether oxygens (including phenoxy) is 1. The van der Waals surface area contributed by atoms with Crippen molar-refractivity contribution in [3.05, 3.63) is 43.8 Å². The Morgan fingerprint density at radius 2 is 1.96 bits per heavy atom. The van der Waals surface area contributed by atoms with Crippen LogP contribution in [0, 0.1) is 13.8 Å². The molecule has 0 bridgehead atoms. The molecule has 1 aromatic carbocycles. The predicted molar refractivity (Wildman–Crippen MR) is 105 cm³/mol. The van der Waals surface area contributed by atoms with E-state index in [1.54, 1.807) is 29.5 Å². The van der Waals surface area contributed by atoms with E-state index in [4.69, 9.17) is 27.9 Å². The van der Waals surface area contributed by atoms with Gasteiger partial charge in [-0.1, -0.05) is 23.2 Å². The van der Waals surface area contributed by atoms with Gasteiger partial charge in [0.15, 0.2) is 6.61 Å². The highest BCUT2D eigenvalue weighted by Gasteiger charge is 2.22. The van der Waals surface area contributed by atoms with E-state index in [1.165, 1.54) is 4.88 Å². The molecule has 0 radical (unpaired) electrons. The van der Waals surface area contributed by atoms with Crippen LogP contribution in [-0.2, 0) is 11.3 Å². The molecule has 1 fully saturated rings. The number of hydrogen-bond acceptors (Lipinski definition) is 5. The fourth-order valence-electron chi connectivity index (χ4n) is 2.78. The lowest BCUT2D eigenvalue weighted by atomic mass is 10.3. The second kappa shape index (κ2) is 8.57. The number of piperazine rings is 1. The SMILES string of the molecule is Cc1nc(CN2CCN(C(=O)COc3ccc(Cl)cc3Cl)CC2)sc1C. The van der Waals surface area contributed by atoms with Crippen LogP contribution in [-0.4, -0.2) is 53.5 Å². The molecule has 2 aromatic rings. The summed E-state index contributed by atoms with van der Waals surface area (Å²) in [6.07, 6.45) is 0. The fraction of sp³-hybridized carbons (Fsp3) is 0.444. The molecule has 2 heterocycles. The van der Waals surface area contributed by atoms with E-state index < -0.39 is 0 Å². The van der Waals surface area contributed by atoms with Gasteiger partial charge in [0.2, 0.25) is 0 Å². The van der Waals surface area contributed by atoms with E-state index in [0.29, 0.717) is 28.9 Å². The molecule has 0 atom stereocenters. The molecule has 0 spiro atoms. The van der Waals surface area contributed by atoms with E-state index in [1.807, 2.05) is 11.8 Å². The van der Waals surface area contributed by atoms with Crippen LogP contribution in [0.1, 0.15) is 15.6 Å². The highest BCUT2D eigenvalue weighted by atomic mass is 35.5. The normalized spacial score (nSPS) is 15.3. The van der Waals surface area contributed by atoms with Gasteiger partial charge in [-0.05, 0) is 32.0 Å². The number of nitrogens with zero attached hydrogens (tertiary/aromatic N) is 3. The van der Waals surface area contributed by atoms with Gasteiger partial charge in [0.05, 0.1) is 17.3 Å². The molecule has 140 valence electrons. The van der Waals surface area contributed by atoms with Crippen molar-refractivity contribution in [2.75, 3.05) is 32.8 Å². The molecular weight excluding hydrogens is 393 g/mol. The van der Waals surface area contributed by atoms with Crippen LogP contribution in [0.3, 0.4) is 0 Å². The van der Waals surface area contributed by atoms with Gasteiger partial charge >= 0.3 is 0 Å². The molecule has 0 aliphatic carbocycles. The van der Waals surface area contributed by atoms with Gasteiger partial charge in [-0.15, -0.1) is 11.3 Å². The van der Waals surface area contributed by atoms with Crippen LogP contribution in [0.4, 0.5) is 0 Å². The molecule has 3 rings (SSSR count). The second-order valence-corrected chi connectivity index (χ2v) is 8.40. The van der Waals surface area contributed by atoms with E-state index in [0.717, 1.165) is 30.3 Å². The topological polar surface area (TPSA) is 45.7 Å². The number of amides is 1. The maximum atomic E-state index is 12.4. The zero-order valence-corrected chi connectivity index (χ0v) is 17.1. The summed E-state index contributed by atoms with van der Waals surface area (Å²) in [4.78, 5) is 22.4. The second-order valence-electron chi connectivity index (χ2n) is 6.27. The fourth-order valence-corrected chi connectivity index (χ4v) is 4.22. The van der Waals surface area contributed by atoms with Gasteiger partial charge in [0.25, 0.3) is 5.91 Å². The third-order valence-corrected chi connectivity index (χ3v) is 5.99. The van der Waals surface area contributed by atoms with Crippen molar-refractivity contribution < 1.29 is 9.53 Å². The molecule has 1 amide bonds. The maximum absolute atomic E-state index is 12.4. The Bertz CT molecular complexity index is 769. The van der Waals surface area contributed by atoms with Crippen molar-refractivity contribution in [3.8, 4) is 5.75 Å². The van der Waals surface area contributed by atoms with Crippen molar-refractivity contribution in [1.82, 2.24) is 14.8 Å². The monoisotopic (exact) mass is 413 g/mol. The molecule has 1 aliphatic rings. The number of aromatic nitrogens is 1. The minimum Gasteiger partial charge on any atom is -0.482 e. The Labute approximate surface area is 167 Å². The van der Waals surface area contributed by atoms with Crippen molar-refractivity contribution in [2.24, 2.45) is 0 Å². The summed E-state index contributed by atoms with van der Waals surface area (Å²) in [5.74, 6) is 0.439. The van der Waals surface area contributed by atoms with Crippen molar-refractivity contribution in [2.45, 2.75) is 20.4 Å². The molecule has 0 unspecified atom stereocenters. The highest BCUT2D eigenvalue weighted by molar-refractivity contribution is 7.11. The maximum Gasteiger partial charge on any atom is 0.260 e. The van der Waals surface area contributed by atoms with Gasteiger partial charge in [-0.25, -0.2) is 4.98 Å². The smallest absolute Gasteiger partial charge is 0.260 e. The van der Waals surface area contributed by atoms with Gasteiger partial charge in [0, 0.05) is 36.1 Å². The van der Waals surface area contributed by atoms with Gasteiger partial charge in [-0.3, -0.25) is 9.69 Å². The molecule has 1 aliphatic heterocycles. The van der Waals surface area contributed by atoms with Gasteiger partial charge in [-0.2, -0.15) is 0 Å². The summed E-state index contributed by atoms with van der Waals surface area (Å²) in [5.41, 5.74) is 1.11. The molecule has 1 saturated heterocycles. The van der Waals surface area contributed by atoms with E-state index in [-0.39, 0.29) is 12.5 Å². The van der Waals surface area contributed by atoms with E-state index in [9.17, 15) is 4.79 Å².